The monoisotopic (exact) mass is 351 g/mol. The van der Waals surface area contributed by atoms with Gasteiger partial charge in [-0.3, -0.25) is 0 Å². The number of carbonyl (C=O) groups excluding carboxylic acids is 1. The largest absolute Gasteiger partial charge is 0.449 e. The number of rotatable bonds is 3. The summed E-state index contributed by atoms with van der Waals surface area (Å²) in [5, 5.41) is 12.9. The summed E-state index contributed by atoms with van der Waals surface area (Å²) in [5.41, 5.74) is 4.87. The van der Waals surface area contributed by atoms with Gasteiger partial charge in [0.1, 0.15) is 6.61 Å². The average molecular weight is 351 g/mol. The van der Waals surface area contributed by atoms with Crippen molar-refractivity contribution in [1.82, 2.24) is 5.32 Å². The number of alkyl carbamates (subject to hydrolysis) is 1. The van der Waals surface area contributed by atoms with Gasteiger partial charge in [0, 0.05) is 12.0 Å². The van der Waals surface area contributed by atoms with Crippen LogP contribution in [0.3, 0.4) is 0 Å². The Morgan fingerprint density at radius 2 is 1.69 bits per heavy atom. The van der Waals surface area contributed by atoms with Crippen LogP contribution in [0.1, 0.15) is 43.2 Å². The molecule has 0 heterocycles. The van der Waals surface area contributed by atoms with Crippen LogP contribution in [0.4, 0.5) is 4.79 Å². The molecule has 0 radical (unpaired) electrons. The smallest absolute Gasteiger partial charge is 0.407 e. The van der Waals surface area contributed by atoms with Gasteiger partial charge >= 0.3 is 6.09 Å². The number of nitrogens with one attached hydrogen (secondary N) is 1. The first-order valence-electron chi connectivity index (χ1n) is 9.43. The maximum Gasteiger partial charge on any atom is 0.407 e. The van der Waals surface area contributed by atoms with E-state index >= 15 is 0 Å². The lowest BCUT2D eigenvalue weighted by atomic mass is 9.85. The zero-order valence-corrected chi connectivity index (χ0v) is 15.0. The Hall–Kier alpha value is -2.33. The van der Waals surface area contributed by atoms with E-state index in [9.17, 15) is 9.90 Å². The van der Waals surface area contributed by atoms with Crippen LogP contribution in [0, 0.1) is 5.92 Å². The maximum atomic E-state index is 12.3. The van der Waals surface area contributed by atoms with Crippen molar-refractivity contribution < 1.29 is 14.6 Å². The summed E-state index contributed by atoms with van der Waals surface area (Å²) in [4.78, 5) is 12.3. The minimum atomic E-state index is -0.390. The molecule has 26 heavy (non-hydrogen) atoms. The third-order valence-electron chi connectivity index (χ3n) is 5.82. The summed E-state index contributed by atoms with van der Waals surface area (Å²) in [6, 6.07) is 16.6. The molecule has 0 aliphatic heterocycles. The molecule has 2 aliphatic rings. The molecule has 4 nitrogen and oxygen atoms in total. The van der Waals surface area contributed by atoms with Crippen molar-refractivity contribution in [3.63, 3.8) is 0 Å². The first-order valence-corrected chi connectivity index (χ1v) is 9.43. The Morgan fingerprint density at radius 3 is 2.31 bits per heavy atom. The number of aliphatic hydroxyl groups is 1. The van der Waals surface area contributed by atoms with E-state index in [1.54, 1.807) is 0 Å². The van der Waals surface area contributed by atoms with Crippen LogP contribution < -0.4 is 5.32 Å². The molecule has 136 valence electrons. The molecule has 2 aromatic carbocycles. The lowest BCUT2D eigenvalue weighted by molar-refractivity contribution is 0.0606. The van der Waals surface area contributed by atoms with E-state index in [0.29, 0.717) is 18.9 Å². The number of amides is 1. The summed E-state index contributed by atoms with van der Waals surface area (Å²) in [7, 11) is 0. The van der Waals surface area contributed by atoms with E-state index < -0.39 is 6.09 Å². The molecule has 3 atom stereocenters. The zero-order chi connectivity index (χ0) is 18.1. The van der Waals surface area contributed by atoms with E-state index in [1.165, 1.54) is 22.3 Å². The van der Waals surface area contributed by atoms with Crippen molar-refractivity contribution in [2.45, 2.75) is 44.2 Å². The van der Waals surface area contributed by atoms with Crippen molar-refractivity contribution in [1.29, 1.82) is 0 Å². The van der Waals surface area contributed by atoms with Crippen LogP contribution in [0.15, 0.2) is 48.5 Å². The Labute approximate surface area is 154 Å². The minimum Gasteiger partial charge on any atom is -0.449 e. The summed E-state index contributed by atoms with van der Waals surface area (Å²) < 4.78 is 5.57. The number of hydrogen-bond acceptors (Lipinski definition) is 3. The van der Waals surface area contributed by atoms with Crippen LogP contribution in [-0.2, 0) is 4.74 Å². The van der Waals surface area contributed by atoms with Gasteiger partial charge in [-0.15, -0.1) is 0 Å². The fourth-order valence-electron chi connectivity index (χ4n) is 4.24. The predicted molar refractivity (Wildman–Crippen MR) is 101 cm³/mol. The molecular weight excluding hydrogens is 326 g/mol. The molecule has 0 spiro atoms. The molecule has 2 aromatic rings. The van der Waals surface area contributed by atoms with Gasteiger partial charge in [0.2, 0.25) is 0 Å². The van der Waals surface area contributed by atoms with Gasteiger partial charge in [0.15, 0.2) is 0 Å². The lowest BCUT2D eigenvalue weighted by Gasteiger charge is -2.31. The second kappa shape index (κ2) is 7.12. The topological polar surface area (TPSA) is 58.6 Å². The molecule has 4 rings (SSSR count). The van der Waals surface area contributed by atoms with Crippen molar-refractivity contribution in [3.05, 3.63) is 59.7 Å². The highest BCUT2D eigenvalue weighted by molar-refractivity contribution is 5.79. The van der Waals surface area contributed by atoms with Crippen molar-refractivity contribution in [2.24, 2.45) is 5.92 Å². The molecule has 1 fully saturated rings. The lowest BCUT2D eigenvalue weighted by Crippen LogP contribution is -2.42. The SMILES string of the molecule is C[C@H]1CC[C@H](NC(=O)OCC2c3ccccc3-c3ccccc32)C[C@@H]1O. The van der Waals surface area contributed by atoms with Crippen LogP contribution in [0.25, 0.3) is 11.1 Å². The van der Waals surface area contributed by atoms with Crippen molar-refractivity contribution >= 4 is 6.09 Å². The van der Waals surface area contributed by atoms with Gasteiger partial charge in [-0.05, 0) is 47.4 Å². The second-order valence-electron chi connectivity index (χ2n) is 7.52. The zero-order valence-electron chi connectivity index (χ0n) is 15.0. The average Bonchev–Trinajstić information content (AvgIpc) is 2.97. The van der Waals surface area contributed by atoms with Gasteiger partial charge < -0.3 is 15.2 Å². The highest BCUT2D eigenvalue weighted by atomic mass is 16.5. The summed E-state index contributed by atoms with van der Waals surface area (Å²) >= 11 is 0. The van der Waals surface area contributed by atoms with Gasteiger partial charge in [-0.1, -0.05) is 55.5 Å². The van der Waals surface area contributed by atoms with E-state index in [2.05, 4.69) is 29.6 Å². The minimum absolute atomic E-state index is 0.00292. The predicted octanol–water partition coefficient (Wildman–Crippen LogP) is 4.07. The van der Waals surface area contributed by atoms with Crippen molar-refractivity contribution in [2.75, 3.05) is 6.61 Å². The molecule has 0 saturated heterocycles. The highest BCUT2D eigenvalue weighted by Crippen LogP contribution is 2.44. The molecular formula is C22H25NO3. The molecule has 2 aliphatic carbocycles. The first-order chi connectivity index (χ1) is 12.6. The number of aliphatic hydroxyl groups excluding tert-OH is 1. The Balaban J connectivity index is 1.41. The van der Waals surface area contributed by atoms with Gasteiger partial charge in [-0.25, -0.2) is 4.79 Å². The number of ether oxygens (including phenoxy) is 1. The third kappa shape index (κ3) is 3.21. The maximum absolute atomic E-state index is 12.3. The molecule has 0 unspecified atom stereocenters. The normalized spacial score (nSPS) is 24.6. The van der Waals surface area contributed by atoms with Gasteiger partial charge in [0.05, 0.1) is 6.10 Å². The summed E-state index contributed by atoms with van der Waals surface area (Å²) in [6.07, 6.45) is 1.68. The van der Waals surface area contributed by atoms with Crippen LogP contribution >= 0.6 is 0 Å². The molecule has 4 heteroatoms. The standard InChI is InChI=1S/C22H25NO3/c1-14-10-11-15(12-21(14)24)23-22(25)26-13-20-18-8-4-2-6-16(18)17-7-3-5-9-19(17)20/h2-9,14-15,20-21,24H,10-13H2,1H3,(H,23,25)/t14-,15-,21-/m0/s1. The summed E-state index contributed by atoms with van der Waals surface area (Å²) in [5.74, 6) is 0.376. The Morgan fingerprint density at radius 1 is 1.08 bits per heavy atom. The fraction of sp³-hybridized carbons (Fsp3) is 0.409. The Kier molecular flexibility index (Phi) is 4.68. The van der Waals surface area contributed by atoms with E-state index in [-0.39, 0.29) is 18.1 Å². The molecule has 2 N–H and O–H groups in total. The number of carbonyl (C=O) groups is 1. The Bertz CT molecular complexity index is 758. The molecule has 0 aromatic heterocycles. The van der Waals surface area contributed by atoms with Crippen LogP contribution in [-0.4, -0.2) is 30.0 Å². The van der Waals surface area contributed by atoms with Crippen LogP contribution in [0.5, 0.6) is 0 Å². The second-order valence-corrected chi connectivity index (χ2v) is 7.52. The number of benzene rings is 2. The van der Waals surface area contributed by atoms with Gasteiger partial charge in [0.25, 0.3) is 0 Å². The van der Waals surface area contributed by atoms with Crippen LogP contribution in [0.2, 0.25) is 0 Å². The molecule has 1 amide bonds. The van der Waals surface area contributed by atoms with E-state index in [1.807, 2.05) is 31.2 Å². The van der Waals surface area contributed by atoms with Gasteiger partial charge in [-0.2, -0.15) is 0 Å². The number of fused-ring (bicyclic) bond motifs is 3. The van der Waals surface area contributed by atoms with E-state index in [0.717, 1.165) is 12.8 Å². The highest BCUT2D eigenvalue weighted by Gasteiger charge is 2.30. The van der Waals surface area contributed by atoms with Crippen molar-refractivity contribution in [3.8, 4) is 11.1 Å². The van der Waals surface area contributed by atoms with E-state index in [4.69, 9.17) is 4.74 Å². The molecule has 1 saturated carbocycles. The summed E-state index contributed by atoms with van der Waals surface area (Å²) in [6.45, 7) is 2.37. The molecule has 0 bridgehead atoms. The quantitative estimate of drug-likeness (QED) is 0.876. The number of hydrogen-bond donors (Lipinski definition) is 2. The fourth-order valence-corrected chi connectivity index (χ4v) is 4.24. The third-order valence-corrected chi connectivity index (χ3v) is 5.82. The first kappa shape index (κ1) is 17.1.